The van der Waals surface area contributed by atoms with E-state index >= 15 is 0 Å². The van der Waals surface area contributed by atoms with Crippen molar-refractivity contribution < 1.29 is 4.39 Å². The molecule has 5 heteroatoms. The largest absolute Gasteiger partial charge is 0.378 e. The van der Waals surface area contributed by atoms with Crippen LogP contribution in [-0.2, 0) is 6.54 Å². The Bertz CT molecular complexity index is 516. The summed E-state index contributed by atoms with van der Waals surface area (Å²) in [5.41, 5.74) is 1.42. The second-order valence-corrected chi connectivity index (χ2v) is 4.32. The smallest absolute Gasteiger partial charge is 0.147 e. The van der Waals surface area contributed by atoms with Crippen molar-refractivity contribution in [3.63, 3.8) is 0 Å². The number of nitrogens with zero attached hydrogens (tertiary/aromatic N) is 2. The summed E-state index contributed by atoms with van der Waals surface area (Å²) in [5, 5.41) is 7.07. The van der Waals surface area contributed by atoms with Gasteiger partial charge in [-0.05, 0) is 28.1 Å². The fourth-order valence-corrected chi connectivity index (χ4v) is 1.91. The highest BCUT2D eigenvalue weighted by atomic mass is 79.9. The molecule has 3 nitrogen and oxygen atoms in total. The summed E-state index contributed by atoms with van der Waals surface area (Å²) >= 11 is 3.30. The van der Waals surface area contributed by atoms with Crippen LogP contribution in [0.5, 0.6) is 0 Å². The molecule has 1 aromatic carbocycles. The molecule has 0 atom stereocenters. The first-order chi connectivity index (χ1) is 8.20. The molecule has 2 aromatic rings. The van der Waals surface area contributed by atoms with E-state index in [1.54, 1.807) is 29.2 Å². The minimum Gasteiger partial charge on any atom is -0.378 e. The van der Waals surface area contributed by atoms with Gasteiger partial charge in [-0.2, -0.15) is 5.10 Å². The van der Waals surface area contributed by atoms with Crippen LogP contribution in [0.25, 0.3) is 6.20 Å². The average Bonchev–Trinajstić information content (AvgIpc) is 2.76. The predicted octanol–water partition coefficient (Wildman–Crippen LogP) is 3.50. The van der Waals surface area contributed by atoms with Crippen molar-refractivity contribution in [2.45, 2.75) is 6.54 Å². The normalized spacial score (nSPS) is 10.2. The maximum Gasteiger partial charge on any atom is 0.147 e. The van der Waals surface area contributed by atoms with E-state index in [4.69, 9.17) is 0 Å². The van der Waals surface area contributed by atoms with Crippen LogP contribution in [0.1, 0.15) is 5.56 Å². The SMILES string of the molecule is C=Cn1cc(CNc2c(F)cccc2Br)cn1. The first-order valence-corrected chi connectivity index (χ1v) is 5.83. The number of halogens is 2. The Morgan fingerprint density at radius 1 is 1.53 bits per heavy atom. The van der Waals surface area contributed by atoms with E-state index in [0.29, 0.717) is 16.7 Å². The molecule has 88 valence electrons. The zero-order chi connectivity index (χ0) is 12.3. The summed E-state index contributed by atoms with van der Waals surface area (Å²) < 4.78 is 15.8. The van der Waals surface area contributed by atoms with E-state index in [-0.39, 0.29) is 5.82 Å². The highest BCUT2D eigenvalue weighted by Crippen LogP contribution is 2.25. The van der Waals surface area contributed by atoms with Gasteiger partial charge in [0.2, 0.25) is 0 Å². The second kappa shape index (κ2) is 5.14. The van der Waals surface area contributed by atoms with Crippen LogP contribution in [0.4, 0.5) is 10.1 Å². The molecule has 2 rings (SSSR count). The van der Waals surface area contributed by atoms with Gasteiger partial charge >= 0.3 is 0 Å². The van der Waals surface area contributed by atoms with Crippen LogP contribution in [0, 0.1) is 5.82 Å². The van der Waals surface area contributed by atoms with Gasteiger partial charge in [-0.1, -0.05) is 12.6 Å². The van der Waals surface area contributed by atoms with Crippen molar-refractivity contribution in [3.05, 3.63) is 53.0 Å². The molecule has 0 fully saturated rings. The zero-order valence-electron chi connectivity index (χ0n) is 9.03. The van der Waals surface area contributed by atoms with Crippen LogP contribution in [0.15, 0.2) is 41.6 Å². The van der Waals surface area contributed by atoms with Crippen molar-refractivity contribution in [1.29, 1.82) is 0 Å². The maximum atomic E-state index is 13.5. The Kier molecular flexibility index (Phi) is 3.58. The van der Waals surface area contributed by atoms with Gasteiger partial charge in [-0.15, -0.1) is 0 Å². The number of aromatic nitrogens is 2. The van der Waals surface area contributed by atoms with Crippen molar-refractivity contribution in [3.8, 4) is 0 Å². The molecule has 0 aliphatic heterocycles. The fourth-order valence-electron chi connectivity index (χ4n) is 1.43. The van der Waals surface area contributed by atoms with Crippen molar-refractivity contribution >= 4 is 27.8 Å². The average molecular weight is 296 g/mol. The summed E-state index contributed by atoms with van der Waals surface area (Å²) in [6, 6.07) is 4.86. The van der Waals surface area contributed by atoms with Gasteiger partial charge in [0, 0.05) is 29.0 Å². The third kappa shape index (κ3) is 2.74. The Hall–Kier alpha value is -1.62. The predicted molar refractivity (Wildman–Crippen MR) is 70.0 cm³/mol. The molecule has 1 heterocycles. The van der Waals surface area contributed by atoms with Crippen LogP contribution < -0.4 is 5.32 Å². The highest BCUT2D eigenvalue weighted by Gasteiger charge is 2.06. The van der Waals surface area contributed by atoms with Gasteiger partial charge in [0.25, 0.3) is 0 Å². The van der Waals surface area contributed by atoms with Gasteiger partial charge in [0.05, 0.1) is 11.9 Å². The van der Waals surface area contributed by atoms with E-state index in [1.165, 1.54) is 6.07 Å². The summed E-state index contributed by atoms with van der Waals surface area (Å²) in [7, 11) is 0. The van der Waals surface area contributed by atoms with Crippen LogP contribution in [0.2, 0.25) is 0 Å². The Morgan fingerprint density at radius 2 is 2.35 bits per heavy atom. The molecule has 1 N–H and O–H groups in total. The molecule has 0 aliphatic carbocycles. The van der Waals surface area contributed by atoms with Crippen molar-refractivity contribution in [2.75, 3.05) is 5.32 Å². The van der Waals surface area contributed by atoms with Crippen LogP contribution in [0.3, 0.4) is 0 Å². The number of rotatable bonds is 4. The third-order valence-corrected chi connectivity index (χ3v) is 2.93. The van der Waals surface area contributed by atoms with E-state index < -0.39 is 0 Å². The molecule has 0 amide bonds. The molecule has 1 aromatic heterocycles. The third-order valence-electron chi connectivity index (χ3n) is 2.27. The number of hydrogen-bond acceptors (Lipinski definition) is 2. The van der Waals surface area contributed by atoms with E-state index in [9.17, 15) is 4.39 Å². The van der Waals surface area contributed by atoms with Crippen LogP contribution >= 0.6 is 15.9 Å². The molecule has 0 aliphatic rings. The molecule has 0 saturated carbocycles. The number of benzene rings is 1. The molecule has 0 saturated heterocycles. The minimum absolute atomic E-state index is 0.282. The van der Waals surface area contributed by atoms with Gasteiger partial charge in [0.15, 0.2) is 0 Å². The van der Waals surface area contributed by atoms with Gasteiger partial charge in [-0.3, -0.25) is 0 Å². The lowest BCUT2D eigenvalue weighted by Gasteiger charge is -2.08. The molecular formula is C12H11BrFN3. The lowest BCUT2D eigenvalue weighted by molar-refractivity contribution is 0.629. The first-order valence-electron chi connectivity index (χ1n) is 5.04. The standard InChI is InChI=1S/C12H11BrFN3/c1-2-17-8-9(7-16-17)6-15-12-10(13)4-3-5-11(12)14/h2-5,7-8,15H,1,6H2. The monoisotopic (exact) mass is 295 g/mol. The molecular weight excluding hydrogens is 285 g/mol. The van der Waals surface area contributed by atoms with E-state index in [0.717, 1.165) is 5.56 Å². The molecule has 0 spiro atoms. The van der Waals surface area contributed by atoms with Crippen LogP contribution in [-0.4, -0.2) is 9.78 Å². The molecule has 17 heavy (non-hydrogen) atoms. The quantitative estimate of drug-likeness (QED) is 0.936. The van der Waals surface area contributed by atoms with Gasteiger partial charge in [0.1, 0.15) is 5.82 Å². The van der Waals surface area contributed by atoms with E-state index in [1.807, 2.05) is 6.20 Å². The Labute approximate surface area is 107 Å². The van der Waals surface area contributed by atoms with Crippen molar-refractivity contribution in [2.24, 2.45) is 0 Å². The van der Waals surface area contributed by atoms with E-state index in [2.05, 4.69) is 32.9 Å². The molecule has 0 bridgehead atoms. The van der Waals surface area contributed by atoms with Crippen molar-refractivity contribution in [1.82, 2.24) is 9.78 Å². The van der Waals surface area contributed by atoms with Gasteiger partial charge < -0.3 is 5.32 Å². The second-order valence-electron chi connectivity index (χ2n) is 3.46. The highest BCUT2D eigenvalue weighted by molar-refractivity contribution is 9.10. The lowest BCUT2D eigenvalue weighted by atomic mass is 10.3. The summed E-state index contributed by atoms with van der Waals surface area (Å²) in [6.07, 6.45) is 5.14. The number of hydrogen-bond donors (Lipinski definition) is 1. The summed E-state index contributed by atoms with van der Waals surface area (Å²) in [4.78, 5) is 0. The Morgan fingerprint density at radius 3 is 3.00 bits per heavy atom. The number of nitrogens with one attached hydrogen (secondary N) is 1. The summed E-state index contributed by atoms with van der Waals surface area (Å²) in [6.45, 7) is 4.11. The zero-order valence-corrected chi connectivity index (χ0v) is 10.6. The Balaban J connectivity index is 2.09. The first kappa shape index (κ1) is 11.9. The maximum absolute atomic E-state index is 13.5. The number of anilines is 1. The lowest BCUT2D eigenvalue weighted by Crippen LogP contribution is -2.01. The molecule has 0 radical (unpaired) electrons. The number of para-hydroxylation sites is 1. The molecule has 0 unspecified atom stereocenters. The minimum atomic E-state index is -0.282. The summed E-state index contributed by atoms with van der Waals surface area (Å²) in [5.74, 6) is -0.282. The van der Waals surface area contributed by atoms with Gasteiger partial charge in [-0.25, -0.2) is 9.07 Å². The topological polar surface area (TPSA) is 29.9 Å². The fraction of sp³-hybridized carbons (Fsp3) is 0.0833.